The fourth-order valence-corrected chi connectivity index (χ4v) is 4.11. The molecule has 0 radical (unpaired) electrons. The van der Waals surface area contributed by atoms with Gasteiger partial charge in [0.05, 0.1) is 5.92 Å². The number of hydrogen-bond acceptors (Lipinski definition) is 4. The van der Waals surface area contributed by atoms with Crippen molar-refractivity contribution in [3.63, 3.8) is 0 Å². The molecule has 0 spiro atoms. The van der Waals surface area contributed by atoms with Crippen LogP contribution in [0.1, 0.15) is 19.3 Å². The number of rotatable bonds is 4. The van der Waals surface area contributed by atoms with Crippen molar-refractivity contribution < 1.29 is 4.79 Å². The molecule has 0 aromatic heterocycles. The zero-order valence-corrected chi connectivity index (χ0v) is 11.6. The normalized spacial score (nSPS) is 38.6. The summed E-state index contributed by atoms with van der Waals surface area (Å²) in [5, 5.41) is 6.44. The second kappa shape index (κ2) is 5.77. The van der Waals surface area contributed by atoms with Gasteiger partial charge in [0.2, 0.25) is 5.91 Å². The molecule has 2 aliphatic carbocycles. The number of fused-ring (bicyclic) bond motifs is 2. The zero-order valence-electron chi connectivity index (χ0n) is 11.6. The van der Waals surface area contributed by atoms with Crippen LogP contribution in [0.4, 0.5) is 0 Å². The van der Waals surface area contributed by atoms with Crippen LogP contribution in [0.2, 0.25) is 0 Å². The molecule has 2 bridgehead atoms. The zero-order chi connectivity index (χ0) is 13.2. The lowest BCUT2D eigenvalue weighted by molar-refractivity contribution is -0.127. The Hall–Kier alpha value is -0.650. The van der Waals surface area contributed by atoms with Gasteiger partial charge in [0.15, 0.2) is 0 Å². The van der Waals surface area contributed by atoms with Gasteiger partial charge in [-0.25, -0.2) is 0 Å². The summed E-state index contributed by atoms with van der Waals surface area (Å²) < 4.78 is 0. The maximum Gasteiger partial charge on any atom is 0.225 e. The van der Waals surface area contributed by atoms with E-state index in [1.54, 1.807) is 0 Å². The predicted molar refractivity (Wildman–Crippen MR) is 74.6 cm³/mol. The molecule has 19 heavy (non-hydrogen) atoms. The lowest BCUT2D eigenvalue weighted by Crippen LogP contribution is -2.49. The lowest BCUT2D eigenvalue weighted by Gasteiger charge is -2.29. The van der Waals surface area contributed by atoms with Gasteiger partial charge in [-0.1, -0.05) is 0 Å². The molecule has 1 heterocycles. The number of carbonyl (C=O) groups excluding carboxylic acids is 1. The highest BCUT2D eigenvalue weighted by Crippen LogP contribution is 2.47. The van der Waals surface area contributed by atoms with Crippen LogP contribution in [0.15, 0.2) is 0 Å². The SMILES string of the molecule is NC1C2CCC(C2)C1C(=O)NCCN1CCNCC1. The third-order valence-electron chi connectivity index (χ3n) is 5.22. The Labute approximate surface area is 115 Å². The summed E-state index contributed by atoms with van der Waals surface area (Å²) in [6.45, 7) is 6.02. The van der Waals surface area contributed by atoms with Gasteiger partial charge in [-0.05, 0) is 31.1 Å². The van der Waals surface area contributed by atoms with E-state index in [4.69, 9.17) is 5.73 Å². The van der Waals surface area contributed by atoms with Crippen molar-refractivity contribution in [3.05, 3.63) is 0 Å². The van der Waals surface area contributed by atoms with Gasteiger partial charge in [0.1, 0.15) is 0 Å². The average Bonchev–Trinajstić information content (AvgIpc) is 3.00. The largest absolute Gasteiger partial charge is 0.355 e. The van der Waals surface area contributed by atoms with E-state index in [2.05, 4.69) is 15.5 Å². The third kappa shape index (κ3) is 2.78. The first-order valence-electron chi connectivity index (χ1n) is 7.72. The van der Waals surface area contributed by atoms with Crippen molar-refractivity contribution in [2.45, 2.75) is 25.3 Å². The smallest absolute Gasteiger partial charge is 0.225 e. The Morgan fingerprint density at radius 1 is 1.26 bits per heavy atom. The molecule has 0 aromatic rings. The number of nitrogens with two attached hydrogens (primary N) is 1. The lowest BCUT2D eigenvalue weighted by atomic mass is 9.84. The summed E-state index contributed by atoms with van der Waals surface area (Å²) in [5.41, 5.74) is 6.20. The van der Waals surface area contributed by atoms with Crippen LogP contribution in [0.25, 0.3) is 0 Å². The van der Waals surface area contributed by atoms with Crippen LogP contribution in [0, 0.1) is 17.8 Å². The second-order valence-electron chi connectivity index (χ2n) is 6.32. The van der Waals surface area contributed by atoms with E-state index in [1.807, 2.05) is 0 Å². The Balaban J connectivity index is 1.41. The van der Waals surface area contributed by atoms with E-state index in [9.17, 15) is 4.79 Å². The number of nitrogens with one attached hydrogen (secondary N) is 2. The first kappa shape index (κ1) is 13.3. The topological polar surface area (TPSA) is 70.4 Å². The van der Waals surface area contributed by atoms with E-state index in [0.717, 1.165) is 39.3 Å². The number of amides is 1. The van der Waals surface area contributed by atoms with E-state index >= 15 is 0 Å². The van der Waals surface area contributed by atoms with E-state index in [1.165, 1.54) is 19.3 Å². The Bertz CT molecular complexity index is 327. The van der Waals surface area contributed by atoms with Gasteiger partial charge in [-0.15, -0.1) is 0 Å². The molecule has 4 N–H and O–H groups in total. The molecular weight excluding hydrogens is 240 g/mol. The maximum atomic E-state index is 12.3. The molecule has 4 atom stereocenters. The predicted octanol–water partition coefficient (Wildman–Crippen LogP) is -0.619. The fraction of sp³-hybridized carbons (Fsp3) is 0.929. The van der Waals surface area contributed by atoms with Crippen LogP contribution in [-0.4, -0.2) is 56.1 Å². The number of carbonyl (C=O) groups is 1. The second-order valence-corrected chi connectivity index (χ2v) is 6.32. The van der Waals surface area contributed by atoms with E-state index in [0.29, 0.717) is 11.8 Å². The molecule has 5 heteroatoms. The van der Waals surface area contributed by atoms with Crippen LogP contribution in [0.5, 0.6) is 0 Å². The minimum Gasteiger partial charge on any atom is -0.355 e. The highest BCUT2D eigenvalue weighted by Gasteiger charge is 2.48. The molecule has 1 saturated heterocycles. The highest BCUT2D eigenvalue weighted by atomic mass is 16.1. The summed E-state index contributed by atoms with van der Waals surface area (Å²) in [5.74, 6) is 1.45. The summed E-state index contributed by atoms with van der Waals surface area (Å²) >= 11 is 0. The minimum absolute atomic E-state index is 0.0850. The van der Waals surface area contributed by atoms with Crippen molar-refractivity contribution in [1.29, 1.82) is 0 Å². The monoisotopic (exact) mass is 266 g/mol. The van der Waals surface area contributed by atoms with E-state index in [-0.39, 0.29) is 17.9 Å². The number of piperazine rings is 1. The molecule has 0 aromatic carbocycles. The van der Waals surface area contributed by atoms with Crippen LogP contribution < -0.4 is 16.4 Å². The number of nitrogens with zero attached hydrogens (tertiary/aromatic N) is 1. The molecule has 1 amide bonds. The third-order valence-corrected chi connectivity index (χ3v) is 5.22. The van der Waals surface area contributed by atoms with Gasteiger partial charge >= 0.3 is 0 Å². The van der Waals surface area contributed by atoms with Crippen molar-refractivity contribution in [1.82, 2.24) is 15.5 Å². The highest BCUT2D eigenvalue weighted by molar-refractivity contribution is 5.80. The van der Waals surface area contributed by atoms with Crippen molar-refractivity contribution >= 4 is 5.91 Å². The molecule has 108 valence electrons. The van der Waals surface area contributed by atoms with Gasteiger partial charge in [-0.3, -0.25) is 9.69 Å². The summed E-state index contributed by atoms with van der Waals surface area (Å²) in [6.07, 6.45) is 3.61. The Morgan fingerprint density at radius 3 is 2.68 bits per heavy atom. The minimum atomic E-state index is 0.0850. The Morgan fingerprint density at radius 2 is 2.00 bits per heavy atom. The number of hydrogen-bond donors (Lipinski definition) is 3. The van der Waals surface area contributed by atoms with Crippen molar-refractivity contribution in [2.75, 3.05) is 39.3 Å². The van der Waals surface area contributed by atoms with Gasteiger partial charge in [0, 0.05) is 45.3 Å². The first-order chi connectivity index (χ1) is 9.25. The molecule has 4 unspecified atom stereocenters. The summed E-state index contributed by atoms with van der Waals surface area (Å²) in [7, 11) is 0. The molecule has 5 nitrogen and oxygen atoms in total. The molecule has 3 rings (SSSR count). The van der Waals surface area contributed by atoms with Gasteiger partial charge in [0.25, 0.3) is 0 Å². The van der Waals surface area contributed by atoms with E-state index < -0.39 is 0 Å². The molecule has 2 saturated carbocycles. The van der Waals surface area contributed by atoms with Gasteiger partial charge < -0.3 is 16.4 Å². The van der Waals surface area contributed by atoms with Gasteiger partial charge in [-0.2, -0.15) is 0 Å². The summed E-state index contributed by atoms with van der Waals surface area (Å²) in [6, 6.07) is 0.109. The molecular formula is C14H26N4O. The quantitative estimate of drug-likeness (QED) is 0.634. The van der Waals surface area contributed by atoms with Crippen molar-refractivity contribution in [3.8, 4) is 0 Å². The van der Waals surface area contributed by atoms with Crippen LogP contribution in [-0.2, 0) is 4.79 Å². The standard InChI is InChI=1S/C14H26N4O/c15-13-11-2-1-10(9-11)12(13)14(19)17-5-8-18-6-3-16-4-7-18/h10-13,16H,1-9,15H2,(H,17,19). The molecule has 3 aliphatic rings. The van der Waals surface area contributed by atoms with Crippen molar-refractivity contribution in [2.24, 2.45) is 23.5 Å². The molecule has 3 fully saturated rings. The molecule has 1 aliphatic heterocycles. The first-order valence-corrected chi connectivity index (χ1v) is 7.72. The summed E-state index contributed by atoms with van der Waals surface area (Å²) in [4.78, 5) is 14.7. The van der Waals surface area contributed by atoms with Crippen LogP contribution in [0.3, 0.4) is 0 Å². The average molecular weight is 266 g/mol. The maximum absolute atomic E-state index is 12.3. The van der Waals surface area contributed by atoms with Crippen LogP contribution >= 0.6 is 0 Å². The Kier molecular flexibility index (Phi) is 4.05. The fourth-order valence-electron chi connectivity index (χ4n) is 4.11.